The van der Waals surface area contributed by atoms with Gasteiger partial charge in [-0.25, -0.2) is 4.98 Å². The Morgan fingerprint density at radius 3 is 2.76 bits per heavy atom. The smallest absolute Gasteiger partial charge is 0.326 e. The van der Waals surface area contributed by atoms with Gasteiger partial charge >= 0.3 is 5.97 Å². The molecule has 5 nitrogen and oxygen atoms in total. The lowest BCUT2D eigenvalue weighted by molar-refractivity contribution is -0.140. The van der Waals surface area contributed by atoms with Crippen molar-refractivity contribution >= 4 is 5.97 Å². The number of aryl methyl sites for hydroxylation is 1. The summed E-state index contributed by atoms with van der Waals surface area (Å²) in [6.07, 6.45) is 9.04. The number of aromatic nitrogens is 2. The van der Waals surface area contributed by atoms with E-state index in [-0.39, 0.29) is 0 Å². The van der Waals surface area contributed by atoms with Crippen LogP contribution in [0, 0.1) is 0 Å². The summed E-state index contributed by atoms with van der Waals surface area (Å²) in [5.74, 6) is -0.834. The predicted octanol–water partition coefficient (Wildman–Crippen LogP) is 1.47. The number of hydrogen-bond acceptors (Lipinski definition) is 3. The standard InChI is InChI=1S/C12H19N3O2/c1-15-8-13-7-10(15)11(12(16)17)14-9-5-3-2-4-6-9/h7-9,11,14H,2-6H2,1H3,(H,16,17). The zero-order valence-corrected chi connectivity index (χ0v) is 10.1. The normalized spacial score (nSPS) is 19.1. The molecule has 0 saturated heterocycles. The third-order valence-corrected chi connectivity index (χ3v) is 3.40. The molecule has 94 valence electrons. The van der Waals surface area contributed by atoms with Crippen molar-refractivity contribution in [2.75, 3.05) is 0 Å². The highest BCUT2D eigenvalue weighted by Crippen LogP contribution is 2.21. The average molecular weight is 237 g/mol. The highest BCUT2D eigenvalue weighted by Gasteiger charge is 2.26. The van der Waals surface area contributed by atoms with Crippen LogP contribution in [0.1, 0.15) is 43.8 Å². The molecule has 1 fully saturated rings. The van der Waals surface area contributed by atoms with Crippen LogP contribution in [0.25, 0.3) is 0 Å². The van der Waals surface area contributed by atoms with Crippen molar-refractivity contribution in [1.29, 1.82) is 0 Å². The highest BCUT2D eigenvalue weighted by molar-refractivity contribution is 5.74. The first kappa shape index (κ1) is 12.1. The van der Waals surface area contributed by atoms with Gasteiger partial charge in [-0.15, -0.1) is 0 Å². The first-order valence-corrected chi connectivity index (χ1v) is 6.13. The van der Waals surface area contributed by atoms with Crippen LogP contribution >= 0.6 is 0 Å². The van der Waals surface area contributed by atoms with Crippen LogP contribution in [0.4, 0.5) is 0 Å². The molecule has 17 heavy (non-hydrogen) atoms. The SMILES string of the molecule is Cn1cncc1C(NC1CCCCC1)C(=O)O. The number of carboxylic acid groups (broad SMARTS) is 1. The Morgan fingerprint density at radius 1 is 1.53 bits per heavy atom. The highest BCUT2D eigenvalue weighted by atomic mass is 16.4. The number of nitrogens with zero attached hydrogens (tertiary/aromatic N) is 2. The summed E-state index contributed by atoms with van der Waals surface area (Å²) in [7, 11) is 1.82. The maximum absolute atomic E-state index is 11.3. The number of imidazole rings is 1. The maximum Gasteiger partial charge on any atom is 0.326 e. The number of aliphatic carboxylic acids is 1. The molecule has 0 radical (unpaired) electrons. The van der Waals surface area contributed by atoms with Gasteiger partial charge in [0, 0.05) is 13.1 Å². The van der Waals surface area contributed by atoms with Crippen LogP contribution < -0.4 is 5.32 Å². The molecule has 0 aliphatic heterocycles. The predicted molar refractivity (Wildman–Crippen MR) is 63.6 cm³/mol. The molecule has 0 bridgehead atoms. The minimum absolute atomic E-state index is 0.319. The Balaban J connectivity index is 2.07. The van der Waals surface area contributed by atoms with E-state index in [1.54, 1.807) is 17.1 Å². The van der Waals surface area contributed by atoms with Crippen molar-refractivity contribution in [3.63, 3.8) is 0 Å². The fourth-order valence-electron chi connectivity index (χ4n) is 2.43. The van der Waals surface area contributed by atoms with Crippen molar-refractivity contribution in [3.05, 3.63) is 18.2 Å². The molecule has 1 heterocycles. The van der Waals surface area contributed by atoms with Crippen molar-refractivity contribution in [2.45, 2.75) is 44.2 Å². The average Bonchev–Trinajstić information content (AvgIpc) is 2.73. The van der Waals surface area contributed by atoms with Gasteiger partial charge in [0.1, 0.15) is 6.04 Å². The second kappa shape index (κ2) is 5.31. The van der Waals surface area contributed by atoms with E-state index in [0.717, 1.165) is 12.8 Å². The van der Waals surface area contributed by atoms with Gasteiger partial charge in [-0.1, -0.05) is 19.3 Å². The quantitative estimate of drug-likeness (QED) is 0.832. The molecule has 2 N–H and O–H groups in total. The van der Waals surface area contributed by atoms with Crippen LogP contribution in [-0.2, 0) is 11.8 Å². The molecule has 1 aliphatic carbocycles. The van der Waals surface area contributed by atoms with Gasteiger partial charge in [0.05, 0.1) is 18.2 Å². The van der Waals surface area contributed by atoms with Crippen LogP contribution in [0.15, 0.2) is 12.5 Å². The van der Waals surface area contributed by atoms with E-state index in [1.165, 1.54) is 19.3 Å². The number of carboxylic acids is 1. The Bertz CT molecular complexity index is 383. The molecule has 2 rings (SSSR count). The van der Waals surface area contributed by atoms with Gasteiger partial charge in [0.2, 0.25) is 0 Å². The molecule has 0 aromatic carbocycles. The minimum atomic E-state index is -0.834. The summed E-state index contributed by atoms with van der Waals surface area (Å²) in [6.45, 7) is 0. The maximum atomic E-state index is 11.3. The van der Waals surface area contributed by atoms with Crippen molar-refractivity contribution in [2.24, 2.45) is 7.05 Å². The van der Waals surface area contributed by atoms with Gasteiger partial charge in [-0.05, 0) is 12.8 Å². The third kappa shape index (κ3) is 2.85. The number of hydrogen-bond donors (Lipinski definition) is 2. The molecular formula is C12H19N3O2. The summed E-state index contributed by atoms with van der Waals surface area (Å²) in [5, 5.41) is 12.5. The molecule has 1 aromatic heterocycles. The lowest BCUT2D eigenvalue weighted by atomic mass is 9.94. The van der Waals surface area contributed by atoms with E-state index in [0.29, 0.717) is 11.7 Å². The number of rotatable bonds is 4. The lowest BCUT2D eigenvalue weighted by Gasteiger charge is -2.26. The first-order valence-electron chi connectivity index (χ1n) is 6.13. The summed E-state index contributed by atoms with van der Waals surface area (Å²) in [4.78, 5) is 15.3. The van der Waals surface area contributed by atoms with Crippen LogP contribution in [-0.4, -0.2) is 26.7 Å². The van der Waals surface area contributed by atoms with E-state index in [2.05, 4.69) is 10.3 Å². The fraction of sp³-hybridized carbons (Fsp3) is 0.667. The molecular weight excluding hydrogens is 218 g/mol. The molecule has 1 aliphatic rings. The Labute approximate surface area is 101 Å². The molecule has 1 unspecified atom stereocenters. The van der Waals surface area contributed by atoms with E-state index in [9.17, 15) is 9.90 Å². The van der Waals surface area contributed by atoms with Gasteiger partial charge in [-0.2, -0.15) is 0 Å². The summed E-state index contributed by atoms with van der Waals surface area (Å²) >= 11 is 0. The third-order valence-electron chi connectivity index (χ3n) is 3.40. The van der Waals surface area contributed by atoms with Crippen LogP contribution in [0.3, 0.4) is 0 Å². The van der Waals surface area contributed by atoms with Crippen molar-refractivity contribution < 1.29 is 9.90 Å². The largest absolute Gasteiger partial charge is 0.480 e. The number of nitrogens with one attached hydrogen (secondary N) is 1. The monoisotopic (exact) mass is 237 g/mol. The summed E-state index contributed by atoms with van der Waals surface area (Å²) in [5.41, 5.74) is 0.711. The molecule has 5 heteroatoms. The van der Waals surface area contributed by atoms with E-state index in [1.807, 2.05) is 7.05 Å². The minimum Gasteiger partial charge on any atom is -0.480 e. The van der Waals surface area contributed by atoms with Crippen molar-refractivity contribution in [1.82, 2.24) is 14.9 Å². The second-order valence-electron chi connectivity index (χ2n) is 4.70. The van der Waals surface area contributed by atoms with Gasteiger partial charge in [0.15, 0.2) is 0 Å². The van der Waals surface area contributed by atoms with E-state index in [4.69, 9.17) is 0 Å². The molecule has 0 amide bonds. The summed E-state index contributed by atoms with van der Waals surface area (Å²) in [6, 6.07) is -0.328. The fourth-order valence-corrected chi connectivity index (χ4v) is 2.43. The van der Waals surface area contributed by atoms with Gasteiger partial charge in [0.25, 0.3) is 0 Å². The van der Waals surface area contributed by atoms with Gasteiger partial charge in [-0.3, -0.25) is 10.1 Å². The zero-order chi connectivity index (χ0) is 12.3. The van der Waals surface area contributed by atoms with Gasteiger partial charge < -0.3 is 9.67 Å². The molecule has 0 spiro atoms. The Kier molecular flexibility index (Phi) is 3.78. The van der Waals surface area contributed by atoms with E-state index >= 15 is 0 Å². The lowest BCUT2D eigenvalue weighted by Crippen LogP contribution is -2.39. The van der Waals surface area contributed by atoms with Crippen LogP contribution in [0.5, 0.6) is 0 Å². The second-order valence-corrected chi connectivity index (χ2v) is 4.70. The number of carbonyl (C=O) groups is 1. The topological polar surface area (TPSA) is 67.2 Å². The molecule has 1 saturated carbocycles. The molecule has 1 atom stereocenters. The summed E-state index contributed by atoms with van der Waals surface area (Å²) < 4.78 is 1.76. The van der Waals surface area contributed by atoms with Crippen molar-refractivity contribution in [3.8, 4) is 0 Å². The van der Waals surface area contributed by atoms with E-state index < -0.39 is 12.0 Å². The van der Waals surface area contributed by atoms with Crippen LogP contribution in [0.2, 0.25) is 0 Å². The Hall–Kier alpha value is -1.36. The molecule has 1 aromatic rings. The first-order chi connectivity index (χ1) is 8.18. The zero-order valence-electron chi connectivity index (χ0n) is 10.1. The Morgan fingerprint density at radius 2 is 2.24 bits per heavy atom.